The van der Waals surface area contributed by atoms with Crippen LogP contribution < -0.4 is 0 Å². The van der Waals surface area contributed by atoms with Gasteiger partial charge < -0.3 is 4.90 Å². The van der Waals surface area contributed by atoms with Gasteiger partial charge in [0, 0.05) is 12.1 Å². The molecule has 0 aromatic heterocycles. The Kier molecular flexibility index (Phi) is 8.75. The van der Waals surface area contributed by atoms with Gasteiger partial charge in [0.2, 0.25) is 0 Å². The predicted octanol–water partition coefficient (Wildman–Crippen LogP) is 4.58. The van der Waals surface area contributed by atoms with Crippen molar-refractivity contribution in [3.05, 3.63) is 21.4 Å². The zero-order valence-corrected chi connectivity index (χ0v) is 21.1. The number of hydrogen-bond donors (Lipinski definition) is 0. The van der Waals surface area contributed by atoms with Gasteiger partial charge in [0.25, 0.3) is 0 Å². The highest BCUT2D eigenvalue weighted by Gasteiger charge is 2.34. The molecule has 0 atom stereocenters. The Morgan fingerprint density at radius 3 is 1.52 bits per heavy atom. The summed E-state index contributed by atoms with van der Waals surface area (Å²) >= 11 is 1.12. The van der Waals surface area contributed by atoms with Crippen LogP contribution in [-0.2, 0) is 19.7 Å². The molecule has 0 bridgehead atoms. The number of rotatable bonds is 7. The molecule has 0 aliphatic rings. The molecule has 0 aromatic rings. The highest BCUT2D eigenvalue weighted by Crippen LogP contribution is 2.33. The summed E-state index contributed by atoms with van der Waals surface area (Å²) in [6, 6.07) is 0.00577. The van der Waals surface area contributed by atoms with Crippen molar-refractivity contribution < 1.29 is 16.8 Å². The Morgan fingerprint density at radius 2 is 1.26 bits per heavy atom. The van der Waals surface area contributed by atoms with Gasteiger partial charge in [0.1, 0.15) is 4.24 Å². The lowest BCUT2D eigenvalue weighted by Crippen LogP contribution is -2.37. The van der Waals surface area contributed by atoms with Gasteiger partial charge in [-0.15, -0.1) is 11.8 Å². The topological polar surface area (TPSA) is 71.5 Å². The van der Waals surface area contributed by atoms with Crippen LogP contribution in [-0.4, -0.2) is 49.6 Å². The first-order valence-electron chi connectivity index (χ1n) is 9.04. The van der Waals surface area contributed by atoms with Crippen LogP contribution in [0.3, 0.4) is 0 Å². The molecule has 0 saturated heterocycles. The molecule has 0 heterocycles. The zero-order valence-electron chi connectivity index (χ0n) is 18.6. The molecular formula is C19H37NO4S3. The highest BCUT2D eigenvalue weighted by atomic mass is 32.3. The highest BCUT2D eigenvalue weighted by molar-refractivity contribution is 8.18. The lowest BCUT2D eigenvalue weighted by Gasteiger charge is -2.35. The van der Waals surface area contributed by atoms with Crippen molar-refractivity contribution >= 4 is 31.4 Å². The van der Waals surface area contributed by atoms with Crippen LogP contribution in [0, 0.1) is 0 Å². The largest absolute Gasteiger partial charge is 0.366 e. The maximum atomic E-state index is 13.0. The molecule has 0 amide bonds. The Hall–Kier alpha value is -0.470. The molecule has 27 heavy (non-hydrogen) atoms. The minimum Gasteiger partial charge on any atom is -0.366 e. The summed E-state index contributed by atoms with van der Waals surface area (Å²) in [6.07, 6.45) is 3.20. The van der Waals surface area contributed by atoms with Gasteiger partial charge in [0.15, 0.2) is 19.7 Å². The van der Waals surface area contributed by atoms with Gasteiger partial charge in [-0.2, -0.15) is 0 Å². The van der Waals surface area contributed by atoms with Crippen LogP contribution in [0.4, 0.5) is 0 Å². The number of nitrogens with zero attached hydrogens (tertiary/aromatic N) is 1. The zero-order chi connectivity index (χ0) is 22.0. The SMILES string of the molecule is CS/C(=C/C(=C/S(=O)(=O)C(C)(C)C)N(C(C)C)C(C)C)S(=O)(=O)C(C)(C)C. The van der Waals surface area contributed by atoms with Crippen LogP contribution >= 0.6 is 11.8 Å². The third-order valence-electron chi connectivity index (χ3n) is 4.08. The smallest absolute Gasteiger partial charge is 0.189 e. The maximum absolute atomic E-state index is 13.0. The standard InChI is InChI=1S/C19H37NO4S3/c1-14(2)20(15(3)4)16(13-26(21,22)18(5,6)7)12-17(25-11)27(23,24)19(8,9)10/h12-15H,1-11H3/b16-13-,17-12-. The van der Waals surface area contributed by atoms with E-state index < -0.39 is 29.2 Å². The van der Waals surface area contributed by atoms with Crippen molar-refractivity contribution in [1.82, 2.24) is 4.90 Å². The average Bonchev–Trinajstić information content (AvgIpc) is 2.40. The normalized spacial score (nSPS) is 15.6. The van der Waals surface area contributed by atoms with Crippen molar-refractivity contribution in [2.24, 2.45) is 0 Å². The van der Waals surface area contributed by atoms with Crippen LogP contribution in [0.2, 0.25) is 0 Å². The van der Waals surface area contributed by atoms with E-state index in [4.69, 9.17) is 0 Å². The van der Waals surface area contributed by atoms with E-state index in [0.717, 1.165) is 11.8 Å². The monoisotopic (exact) mass is 439 g/mol. The van der Waals surface area contributed by atoms with Gasteiger partial charge in [-0.3, -0.25) is 0 Å². The minimum absolute atomic E-state index is 0.00288. The molecule has 0 aliphatic heterocycles. The maximum Gasteiger partial charge on any atom is 0.189 e. The third-order valence-corrected chi connectivity index (χ3v) is 10.3. The van der Waals surface area contributed by atoms with Crippen molar-refractivity contribution in [2.45, 2.75) is 90.8 Å². The van der Waals surface area contributed by atoms with Crippen LogP contribution in [0.5, 0.6) is 0 Å². The second-order valence-electron chi connectivity index (χ2n) is 9.08. The van der Waals surface area contributed by atoms with Crippen molar-refractivity contribution in [1.29, 1.82) is 0 Å². The van der Waals surface area contributed by atoms with Crippen LogP contribution in [0.15, 0.2) is 21.4 Å². The molecule has 160 valence electrons. The first-order chi connectivity index (χ1) is 11.8. The first kappa shape index (κ1) is 26.5. The fourth-order valence-electron chi connectivity index (χ4n) is 2.37. The summed E-state index contributed by atoms with van der Waals surface area (Å²) in [4.78, 5) is 1.93. The van der Waals surface area contributed by atoms with E-state index in [2.05, 4.69) is 0 Å². The Bertz CT molecular complexity index is 768. The van der Waals surface area contributed by atoms with Crippen LogP contribution in [0.1, 0.15) is 69.2 Å². The van der Waals surface area contributed by atoms with E-state index in [-0.39, 0.29) is 16.3 Å². The molecule has 0 aromatic carbocycles. The van der Waals surface area contributed by atoms with E-state index in [1.807, 2.05) is 32.6 Å². The molecule has 8 heteroatoms. The molecule has 0 fully saturated rings. The Labute approximate surface area is 171 Å². The van der Waals surface area contributed by atoms with Gasteiger partial charge in [0.05, 0.1) is 20.6 Å². The van der Waals surface area contributed by atoms with E-state index in [1.54, 1.807) is 47.8 Å². The fourth-order valence-corrected chi connectivity index (χ4v) is 5.97. The lowest BCUT2D eigenvalue weighted by molar-refractivity contribution is 0.239. The fraction of sp³-hybridized carbons (Fsp3) is 0.789. The van der Waals surface area contributed by atoms with E-state index in [1.165, 1.54) is 11.5 Å². The van der Waals surface area contributed by atoms with Crippen molar-refractivity contribution in [3.63, 3.8) is 0 Å². The molecule has 0 aliphatic carbocycles. The van der Waals surface area contributed by atoms with Gasteiger partial charge in [-0.05, 0) is 81.6 Å². The van der Waals surface area contributed by atoms with Gasteiger partial charge in [-0.25, -0.2) is 16.8 Å². The number of hydrogen-bond acceptors (Lipinski definition) is 6. The Balaban J connectivity index is 6.90. The quantitative estimate of drug-likeness (QED) is 0.541. The molecule has 5 nitrogen and oxygen atoms in total. The van der Waals surface area contributed by atoms with E-state index in [9.17, 15) is 16.8 Å². The summed E-state index contributed by atoms with van der Waals surface area (Å²) in [5, 5.41) is 1.22. The molecule has 0 radical (unpaired) electrons. The van der Waals surface area contributed by atoms with Crippen molar-refractivity contribution in [2.75, 3.05) is 6.26 Å². The second kappa shape index (κ2) is 8.91. The number of allylic oxidation sites excluding steroid dienone is 1. The van der Waals surface area contributed by atoms with Gasteiger partial charge >= 0.3 is 0 Å². The summed E-state index contributed by atoms with van der Waals surface area (Å²) < 4.78 is 49.8. The average molecular weight is 440 g/mol. The summed E-state index contributed by atoms with van der Waals surface area (Å²) in [6.45, 7) is 17.7. The minimum atomic E-state index is -3.60. The lowest BCUT2D eigenvalue weighted by atomic mass is 10.2. The summed E-state index contributed by atoms with van der Waals surface area (Å²) in [5.74, 6) is 0. The van der Waals surface area contributed by atoms with Crippen molar-refractivity contribution in [3.8, 4) is 0 Å². The van der Waals surface area contributed by atoms with E-state index >= 15 is 0 Å². The van der Waals surface area contributed by atoms with Crippen LogP contribution in [0.25, 0.3) is 0 Å². The Morgan fingerprint density at radius 1 is 0.852 bits per heavy atom. The van der Waals surface area contributed by atoms with Gasteiger partial charge in [-0.1, -0.05) is 0 Å². The molecule has 0 spiro atoms. The number of sulfone groups is 2. The summed E-state index contributed by atoms with van der Waals surface area (Å²) in [7, 11) is -7.19. The molecule has 0 saturated carbocycles. The molecule has 0 N–H and O–H groups in total. The number of thioether (sulfide) groups is 1. The second-order valence-corrected chi connectivity index (χ2v) is 15.4. The third kappa shape index (κ3) is 6.53. The molecule has 0 unspecified atom stereocenters. The molecular weight excluding hydrogens is 402 g/mol. The summed E-state index contributed by atoms with van der Waals surface area (Å²) in [5.41, 5.74) is 0.395. The van der Waals surface area contributed by atoms with E-state index in [0.29, 0.717) is 5.70 Å². The predicted molar refractivity (Wildman–Crippen MR) is 119 cm³/mol. The molecule has 0 rings (SSSR count). The first-order valence-corrected chi connectivity index (χ1v) is 13.3.